The highest BCUT2D eigenvalue weighted by Gasteiger charge is 2.14. The van der Waals surface area contributed by atoms with Gasteiger partial charge in [-0.15, -0.1) is 0 Å². The molecule has 1 saturated heterocycles. The molecule has 2 aromatic rings. The topological polar surface area (TPSA) is 46.5 Å². The lowest BCUT2D eigenvalue weighted by Crippen LogP contribution is -2.41. The quantitative estimate of drug-likeness (QED) is 0.935. The summed E-state index contributed by atoms with van der Waals surface area (Å²) in [5.41, 5.74) is 1.65. The Morgan fingerprint density at radius 3 is 2.86 bits per heavy atom. The number of aromatic nitrogens is 1. The van der Waals surface area contributed by atoms with Crippen molar-refractivity contribution in [3.63, 3.8) is 0 Å². The van der Waals surface area contributed by atoms with Crippen molar-refractivity contribution in [1.29, 1.82) is 0 Å². The maximum absolute atomic E-state index is 12.4. The molecule has 0 radical (unpaired) electrons. The number of rotatable bonds is 4. The Morgan fingerprint density at radius 2 is 2.09 bits per heavy atom. The molecule has 2 heterocycles. The highest BCUT2D eigenvalue weighted by molar-refractivity contribution is 6.31. The van der Waals surface area contributed by atoms with Gasteiger partial charge in [0.25, 0.3) is 5.91 Å². The summed E-state index contributed by atoms with van der Waals surface area (Å²) in [5, 5.41) is 4.65. The van der Waals surface area contributed by atoms with E-state index in [0.29, 0.717) is 17.3 Å². The van der Waals surface area contributed by atoms with Crippen LogP contribution in [0.5, 0.6) is 0 Å². The number of carbonyl (C=O) groups excluding carboxylic acids is 1. The molecule has 1 aromatic heterocycles. The zero-order valence-corrected chi connectivity index (χ0v) is 13.4. The van der Waals surface area contributed by atoms with E-state index >= 15 is 0 Å². The molecular weight excluding hydrogens is 302 g/mol. The van der Waals surface area contributed by atoms with Crippen molar-refractivity contribution in [2.24, 2.45) is 7.05 Å². The molecule has 118 valence electrons. The second kappa shape index (κ2) is 6.69. The summed E-state index contributed by atoms with van der Waals surface area (Å²) in [5.74, 6) is -0.0527. The number of nitrogens with zero attached hydrogens (tertiary/aromatic N) is 2. The smallest absolute Gasteiger partial charge is 0.267 e. The van der Waals surface area contributed by atoms with Gasteiger partial charge in [0.15, 0.2) is 0 Å². The van der Waals surface area contributed by atoms with Crippen molar-refractivity contribution in [2.75, 3.05) is 39.4 Å². The van der Waals surface area contributed by atoms with Crippen LogP contribution >= 0.6 is 11.6 Å². The molecule has 3 rings (SSSR count). The second-order valence-electron chi connectivity index (χ2n) is 5.50. The van der Waals surface area contributed by atoms with Crippen LogP contribution in [0.3, 0.4) is 0 Å². The van der Waals surface area contributed by atoms with Crippen molar-refractivity contribution >= 4 is 28.4 Å². The van der Waals surface area contributed by atoms with E-state index < -0.39 is 0 Å². The van der Waals surface area contributed by atoms with Gasteiger partial charge in [0.1, 0.15) is 5.69 Å². The van der Waals surface area contributed by atoms with E-state index in [9.17, 15) is 4.79 Å². The van der Waals surface area contributed by atoms with Gasteiger partial charge >= 0.3 is 0 Å². The van der Waals surface area contributed by atoms with Gasteiger partial charge in [0.2, 0.25) is 0 Å². The van der Waals surface area contributed by atoms with Crippen molar-refractivity contribution in [3.05, 3.63) is 35.0 Å². The zero-order valence-electron chi connectivity index (χ0n) is 12.6. The average Bonchev–Trinajstić information content (AvgIpc) is 2.84. The van der Waals surface area contributed by atoms with Gasteiger partial charge < -0.3 is 14.6 Å². The maximum Gasteiger partial charge on any atom is 0.267 e. The minimum atomic E-state index is -0.0527. The number of morpholine rings is 1. The number of aryl methyl sites for hydroxylation is 1. The van der Waals surface area contributed by atoms with E-state index in [4.69, 9.17) is 16.3 Å². The molecule has 0 atom stereocenters. The summed E-state index contributed by atoms with van der Waals surface area (Å²) in [6, 6.07) is 7.53. The SMILES string of the molecule is Cn1c(C(=O)NCCN2CCOCC2)cc2cc(Cl)ccc21. The lowest BCUT2D eigenvalue weighted by atomic mass is 10.2. The van der Waals surface area contributed by atoms with Crippen molar-refractivity contribution in [1.82, 2.24) is 14.8 Å². The average molecular weight is 322 g/mol. The van der Waals surface area contributed by atoms with Gasteiger partial charge in [-0.3, -0.25) is 9.69 Å². The van der Waals surface area contributed by atoms with E-state index in [1.807, 2.05) is 35.9 Å². The molecule has 6 heteroatoms. The van der Waals surface area contributed by atoms with Crippen LogP contribution in [0.4, 0.5) is 0 Å². The van der Waals surface area contributed by atoms with Crippen molar-refractivity contribution in [3.8, 4) is 0 Å². The number of ether oxygens (including phenoxy) is 1. The number of amides is 1. The third kappa shape index (κ3) is 3.27. The third-order valence-corrected chi connectivity index (χ3v) is 4.29. The van der Waals surface area contributed by atoms with Crippen LogP contribution in [-0.4, -0.2) is 54.8 Å². The summed E-state index contributed by atoms with van der Waals surface area (Å²) in [4.78, 5) is 14.7. The molecule has 0 spiro atoms. The lowest BCUT2D eigenvalue weighted by molar-refractivity contribution is 0.0383. The van der Waals surface area contributed by atoms with E-state index in [1.54, 1.807) is 0 Å². The van der Waals surface area contributed by atoms with Crippen LogP contribution in [0, 0.1) is 0 Å². The fourth-order valence-corrected chi connectivity index (χ4v) is 2.96. The minimum absolute atomic E-state index is 0.0527. The van der Waals surface area contributed by atoms with E-state index in [1.165, 1.54) is 0 Å². The largest absolute Gasteiger partial charge is 0.379 e. The number of hydrogen-bond acceptors (Lipinski definition) is 3. The van der Waals surface area contributed by atoms with Crippen LogP contribution in [0.25, 0.3) is 10.9 Å². The summed E-state index contributed by atoms with van der Waals surface area (Å²) in [7, 11) is 1.90. The molecule has 0 unspecified atom stereocenters. The molecule has 5 nitrogen and oxygen atoms in total. The summed E-state index contributed by atoms with van der Waals surface area (Å²) < 4.78 is 7.21. The zero-order chi connectivity index (χ0) is 15.5. The highest BCUT2D eigenvalue weighted by Crippen LogP contribution is 2.22. The van der Waals surface area contributed by atoms with Gasteiger partial charge in [-0.2, -0.15) is 0 Å². The number of carbonyl (C=O) groups is 1. The first kappa shape index (κ1) is 15.3. The number of hydrogen-bond donors (Lipinski definition) is 1. The lowest BCUT2D eigenvalue weighted by Gasteiger charge is -2.26. The molecule has 0 aliphatic carbocycles. The fourth-order valence-electron chi connectivity index (χ4n) is 2.78. The first-order valence-corrected chi connectivity index (χ1v) is 7.86. The van der Waals surface area contributed by atoms with Gasteiger partial charge in [-0.1, -0.05) is 11.6 Å². The number of halogens is 1. The molecule has 0 bridgehead atoms. The van der Waals surface area contributed by atoms with Crippen LogP contribution in [0.15, 0.2) is 24.3 Å². The number of benzene rings is 1. The van der Waals surface area contributed by atoms with Crippen molar-refractivity contribution in [2.45, 2.75) is 0 Å². The summed E-state index contributed by atoms with van der Waals surface area (Å²) in [6.07, 6.45) is 0. The maximum atomic E-state index is 12.4. The fraction of sp³-hybridized carbons (Fsp3) is 0.438. The number of nitrogens with one attached hydrogen (secondary N) is 1. The van der Waals surface area contributed by atoms with Crippen LogP contribution < -0.4 is 5.32 Å². The monoisotopic (exact) mass is 321 g/mol. The molecule has 1 amide bonds. The predicted molar refractivity (Wildman–Crippen MR) is 87.5 cm³/mol. The first-order chi connectivity index (χ1) is 10.6. The van der Waals surface area contributed by atoms with Crippen LogP contribution in [0.2, 0.25) is 5.02 Å². The summed E-state index contributed by atoms with van der Waals surface area (Å²) >= 11 is 6.00. The molecule has 0 saturated carbocycles. The normalized spacial score (nSPS) is 16.1. The molecule has 22 heavy (non-hydrogen) atoms. The molecule has 1 aliphatic heterocycles. The molecule has 1 aliphatic rings. The van der Waals surface area contributed by atoms with Gasteiger partial charge in [0.05, 0.1) is 13.2 Å². The van der Waals surface area contributed by atoms with E-state index in [2.05, 4.69) is 10.2 Å². The van der Waals surface area contributed by atoms with Gasteiger partial charge in [-0.25, -0.2) is 0 Å². The van der Waals surface area contributed by atoms with E-state index in [0.717, 1.165) is 43.8 Å². The Morgan fingerprint density at radius 1 is 1.32 bits per heavy atom. The Labute approximate surface area is 134 Å². The van der Waals surface area contributed by atoms with Crippen molar-refractivity contribution < 1.29 is 9.53 Å². The Balaban J connectivity index is 1.63. The standard InChI is InChI=1S/C16H20ClN3O2/c1-19-14-3-2-13(17)10-12(14)11-15(19)16(21)18-4-5-20-6-8-22-9-7-20/h2-3,10-11H,4-9H2,1H3,(H,18,21). The summed E-state index contributed by atoms with van der Waals surface area (Å²) in [6.45, 7) is 4.91. The Hall–Kier alpha value is -1.56. The Kier molecular flexibility index (Phi) is 4.66. The highest BCUT2D eigenvalue weighted by atomic mass is 35.5. The van der Waals surface area contributed by atoms with Gasteiger partial charge in [0, 0.05) is 49.2 Å². The first-order valence-electron chi connectivity index (χ1n) is 7.48. The molecule has 1 fully saturated rings. The van der Waals surface area contributed by atoms with Gasteiger partial charge in [-0.05, 0) is 24.3 Å². The molecular formula is C16H20ClN3O2. The second-order valence-corrected chi connectivity index (χ2v) is 5.94. The Bertz CT molecular complexity index is 677. The van der Waals surface area contributed by atoms with E-state index in [-0.39, 0.29) is 5.91 Å². The van der Waals surface area contributed by atoms with Crippen LogP contribution in [-0.2, 0) is 11.8 Å². The minimum Gasteiger partial charge on any atom is -0.379 e. The third-order valence-electron chi connectivity index (χ3n) is 4.05. The van der Waals surface area contributed by atoms with Crippen LogP contribution in [0.1, 0.15) is 10.5 Å². The molecule has 1 N–H and O–H groups in total. The predicted octanol–water partition coefficient (Wildman–Crippen LogP) is 1.89. The number of fused-ring (bicyclic) bond motifs is 1. The molecule has 1 aromatic carbocycles.